The van der Waals surface area contributed by atoms with Crippen LogP contribution >= 0.6 is 11.6 Å². The molecule has 0 aliphatic carbocycles. The van der Waals surface area contributed by atoms with Crippen LogP contribution in [0.5, 0.6) is 0 Å². The predicted molar refractivity (Wildman–Crippen MR) is 81.1 cm³/mol. The predicted octanol–water partition coefficient (Wildman–Crippen LogP) is 4.18. The lowest BCUT2D eigenvalue weighted by atomic mass is 10.1. The quantitative estimate of drug-likeness (QED) is 0.796. The van der Waals surface area contributed by atoms with Crippen molar-refractivity contribution in [2.75, 3.05) is 10.6 Å². The summed E-state index contributed by atoms with van der Waals surface area (Å²) in [7, 11) is 0. The SMILES string of the molecule is CC(O)c1ccc(NC(=O)Nc2cccc(Cl)c2F)cc1. The summed E-state index contributed by atoms with van der Waals surface area (Å²) in [6.45, 7) is 1.65. The lowest BCUT2D eigenvalue weighted by Crippen LogP contribution is -2.20. The number of hydrogen-bond donors (Lipinski definition) is 3. The monoisotopic (exact) mass is 308 g/mol. The second-order valence-electron chi connectivity index (χ2n) is 4.48. The van der Waals surface area contributed by atoms with Crippen molar-refractivity contribution in [1.29, 1.82) is 0 Å². The summed E-state index contributed by atoms with van der Waals surface area (Å²) < 4.78 is 13.6. The van der Waals surface area contributed by atoms with Gasteiger partial charge in [0.05, 0.1) is 16.8 Å². The van der Waals surface area contributed by atoms with Crippen LogP contribution in [-0.2, 0) is 0 Å². The zero-order chi connectivity index (χ0) is 15.4. The molecule has 2 aromatic rings. The number of anilines is 2. The fourth-order valence-corrected chi connectivity index (χ4v) is 1.90. The number of hydrogen-bond acceptors (Lipinski definition) is 2. The average Bonchev–Trinajstić information content (AvgIpc) is 2.44. The molecule has 6 heteroatoms. The van der Waals surface area contributed by atoms with E-state index in [1.165, 1.54) is 12.1 Å². The maximum Gasteiger partial charge on any atom is 0.323 e. The molecular formula is C15H14ClFN2O2. The molecule has 21 heavy (non-hydrogen) atoms. The molecule has 0 bridgehead atoms. The molecule has 1 unspecified atom stereocenters. The smallest absolute Gasteiger partial charge is 0.323 e. The molecular weight excluding hydrogens is 295 g/mol. The van der Waals surface area contributed by atoms with Gasteiger partial charge in [-0.15, -0.1) is 0 Å². The molecule has 2 rings (SSSR count). The molecule has 2 amide bonds. The van der Waals surface area contributed by atoms with Crippen molar-refractivity contribution >= 4 is 29.0 Å². The minimum atomic E-state index is -0.682. The van der Waals surface area contributed by atoms with Crippen LogP contribution in [0.3, 0.4) is 0 Å². The molecule has 0 aliphatic rings. The van der Waals surface area contributed by atoms with E-state index < -0.39 is 18.0 Å². The maximum atomic E-state index is 13.6. The molecule has 1 atom stereocenters. The maximum absolute atomic E-state index is 13.6. The van der Waals surface area contributed by atoms with Gasteiger partial charge >= 0.3 is 6.03 Å². The van der Waals surface area contributed by atoms with E-state index in [9.17, 15) is 14.3 Å². The van der Waals surface area contributed by atoms with E-state index in [1.807, 2.05) is 0 Å². The second-order valence-corrected chi connectivity index (χ2v) is 4.89. The number of halogens is 2. The molecule has 110 valence electrons. The molecule has 2 aromatic carbocycles. The van der Waals surface area contributed by atoms with Crippen molar-refractivity contribution < 1.29 is 14.3 Å². The Kier molecular flexibility index (Phi) is 4.77. The van der Waals surface area contributed by atoms with E-state index >= 15 is 0 Å². The van der Waals surface area contributed by atoms with E-state index in [4.69, 9.17) is 11.6 Å². The molecule has 0 aliphatic heterocycles. The fourth-order valence-electron chi connectivity index (χ4n) is 1.73. The Morgan fingerprint density at radius 3 is 2.48 bits per heavy atom. The molecule has 4 nitrogen and oxygen atoms in total. The van der Waals surface area contributed by atoms with E-state index in [1.54, 1.807) is 37.3 Å². The third-order valence-electron chi connectivity index (χ3n) is 2.85. The summed E-state index contributed by atoms with van der Waals surface area (Å²) in [6.07, 6.45) is -0.576. The van der Waals surface area contributed by atoms with Gasteiger partial charge < -0.3 is 15.7 Å². The van der Waals surface area contributed by atoms with E-state index in [2.05, 4.69) is 10.6 Å². The average molecular weight is 309 g/mol. The lowest BCUT2D eigenvalue weighted by molar-refractivity contribution is 0.199. The number of aliphatic hydroxyl groups excluding tert-OH is 1. The largest absolute Gasteiger partial charge is 0.389 e. The standard InChI is InChI=1S/C15H14ClFN2O2/c1-9(20)10-5-7-11(8-6-10)18-15(21)19-13-4-2-3-12(16)14(13)17/h2-9,20H,1H3,(H2,18,19,21). The second kappa shape index (κ2) is 6.56. The number of aliphatic hydroxyl groups is 1. The Balaban J connectivity index is 2.03. The number of benzene rings is 2. The van der Waals surface area contributed by atoms with Crippen LogP contribution in [0.15, 0.2) is 42.5 Å². The van der Waals surface area contributed by atoms with Crippen molar-refractivity contribution in [3.05, 3.63) is 58.9 Å². The Labute approximate surface area is 126 Å². The highest BCUT2D eigenvalue weighted by Gasteiger charge is 2.10. The Hall–Kier alpha value is -2.11. The van der Waals surface area contributed by atoms with Crippen LogP contribution in [0.1, 0.15) is 18.6 Å². The van der Waals surface area contributed by atoms with Gasteiger partial charge in [-0.25, -0.2) is 9.18 Å². The van der Waals surface area contributed by atoms with E-state index in [-0.39, 0.29) is 10.7 Å². The topological polar surface area (TPSA) is 61.4 Å². The van der Waals surface area contributed by atoms with Crippen molar-refractivity contribution in [2.45, 2.75) is 13.0 Å². The minimum Gasteiger partial charge on any atom is -0.389 e. The van der Waals surface area contributed by atoms with Gasteiger partial charge in [-0.1, -0.05) is 29.8 Å². The van der Waals surface area contributed by atoms with Crippen molar-refractivity contribution in [2.24, 2.45) is 0 Å². The molecule has 0 aromatic heterocycles. The number of carbonyl (C=O) groups excluding carboxylic acids is 1. The zero-order valence-electron chi connectivity index (χ0n) is 11.2. The summed E-state index contributed by atoms with van der Waals surface area (Å²) in [5.74, 6) is -0.682. The van der Waals surface area contributed by atoms with Crippen LogP contribution in [0, 0.1) is 5.82 Å². The lowest BCUT2D eigenvalue weighted by Gasteiger charge is -2.10. The molecule has 3 N–H and O–H groups in total. The first kappa shape index (κ1) is 15.3. The summed E-state index contributed by atoms with van der Waals surface area (Å²) in [4.78, 5) is 11.8. The van der Waals surface area contributed by atoms with Crippen molar-refractivity contribution in [3.8, 4) is 0 Å². The summed E-state index contributed by atoms with van der Waals surface area (Å²) >= 11 is 5.63. The first-order chi connectivity index (χ1) is 9.97. The van der Waals surface area contributed by atoms with Gasteiger partial charge in [0.1, 0.15) is 0 Å². The number of carbonyl (C=O) groups is 1. The molecule has 0 spiro atoms. The number of rotatable bonds is 3. The van der Waals surface area contributed by atoms with Gasteiger partial charge in [0.15, 0.2) is 5.82 Å². The molecule has 0 saturated carbocycles. The molecule has 0 fully saturated rings. The van der Waals surface area contributed by atoms with E-state index in [0.717, 1.165) is 5.56 Å². The van der Waals surface area contributed by atoms with Gasteiger partial charge in [-0.2, -0.15) is 0 Å². The third-order valence-corrected chi connectivity index (χ3v) is 3.14. The van der Waals surface area contributed by atoms with Crippen LogP contribution in [-0.4, -0.2) is 11.1 Å². The van der Waals surface area contributed by atoms with Crippen LogP contribution < -0.4 is 10.6 Å². The zero-order valence-corrected chi connectivity index (χ0v) is 12.0. The summed E-state index contributed by atoms with van der Waals surface area (Å²) in [6, 6.07) is 10.5. The Morgan fingerprint density at radius 2 is 1.86 bits per heavy atom. The highest BCUT2D eigenvalue weighted by molar-refractivity contribution is 6.31. The van der Waals surface area contributed by atoms with Crippen LogP contribution in [0.2, 0.25) is 5.02 Å². The Morgan fingerprint density at radius 1 is 1.19 bits per heavy atom. The van der Waals surface area contributed by atoms with Crippen molar-refractivity contribution in [3.63, 3.8) is 0 Å². The number of amides is 2. The summed E-state index contributed by atoms with van der Waals surface area (Å²) in [5.41, 5.74) is 1.27. The highest BCUT2D eigenvalue weighted by Crippen LogP contribution is 2.22. The van der Waals surface area contributed by atoms with E-state index in [0.29, 0.717) is 5.69 Å². The molecule has 0 saturated heterocycles. The van der Waals surface area contributed by atoms with Gasteiger partial charge in [-0.05, 0) is 36.8 Å². The Bertz CT molecular complexity index is 645. The molecule has 0 heterocycles. The minimum absolute atomic E-state index is 0.000556. The third kappa shape index (κ3) is 3.93. The first-order valence-corrected chi connectivity index (χ1v) is 6.65. The number of nitrogens with one attached hydrogen (secondary N) is 2. The number of urea groups is 1. The normalized spacial score (nSPS) is 11.8. The molecule has 0 radical (unpaired) electrons. The fraction of sp³-hybridized carbons (Fsp3) is 0.133. The van der Waals surface area contributed by atoms with Crippen LogP contribution in [0.4, 0.5) is 20.6 Å². The first-order valence-electron chi connectivity index (χ1n) is 6.27. The van der Waals surface area contributed by atoms with Gasteiger partial charge in [0.25, 0.3) is 0 Å². The van der Waals surface area contributed by atoms with Gasteiger partial charge in [0.2, 0.25) is 0 Å². The highest BCUT2D eigenvalue weighted by atomic mass is 35.5. The van der Waals surface area contributed by atoms with Gasteiger partial charge in [0, 0.05) is 5.69 Å². The van der Waals surface area contributed by atoms with Crippen molar-refractivity contribution in [1.82, 2.24) is 0 Å². The van der Waals surface area contributed by atoms with Gasteiger partial charge in [-0.3, -0.25) is 0 Å². The summed E-state index contributed by atoms with van der Waals surface area (Å²) in [5, 5.41) is 14.3. The van der Waals surface area contributed by atoms with Crippen LogP contribution in [0.25, 0.3) is 0 Å².